The van der Waals surface area contributed by atoms with Gasteiger partial charge in [0.15, 0.2) is 0 Å². The molecule has 2 atom stereocenters. The maximum absolute atomic E-state index is 5.48. The normalized spacial score (nSPS) is 32.2. The summed E-state index contributed by atoms with van der Waals surface area (Å²) < 4.78 is 0. The van der Waals surface area contributed by atoms with Gasteiger partial charge in [-0.3, -0.25) is 0 Å². The van der Waals surface area contributed by atoms with Gasteiger partial charge in [-0.1, -0.05) is 0 Å². The first kappa shape index (κ1) is 9.01. The van der Waals surface area contributed by atoms with E-state index in [2.05, 4.69) is 6.92 Å². The van der Waals surface area contributed by atoms with Crippen LogP contribution in [0.1, 0.15) is 32.6 Å². The second-order valence-electron chi connectivity index (χ2n) is 3.70. The molecule has 0 aromatic carbocycles. The summed E-state index contributed by atoms with van der Waals surface area (Å²) in [6.07, 6.45) is 5.47. The van der Waals surface area contributed by atoms with Crippen LogP contribution in [0.25, 0.3) is 0 Å². The lowest BCUT2D eigenvalue weighted by Gasteiger charge is -2.29. The maximum atomic E-state index is 5.48. The van der Waals surface area contributed by atoms with Gasteiger partial charge in [0.1, 0.15) is 0 Å². The molecule has 1 aliphatic heterocycles. The summed E-state index contributed by atoms with van der Waals surface area (Å²) in [5.74, 6) is 0. The van der Waals surface area contributed by atoms with Crippen LogP contribution < -0.4 is 10.6 Å². The molecule has 0 aromatic heterocycles. The van der Waals surface area contributed by atoms with E-state index in [4.69, 9.17) is 5.73 Å². The highest BCUT2D eigenvalue weighted by Gasteiger charge is 2.20. The minimum Gasteiger partial charge on any atom is -0.333 e. The Morgan fingerprint density at radius 1 is 1.45 bits per heavy atom. The molecule has 0 aromatic rings. The van der Waals surface area contributed by atoms with Crippen molar-refractivity contribution in [3.63, 3.8) is 0 Å². The zero-order valence-corrected chi connectivity index (χ0v) is 7.60. The lowest BCUT2D eigenvalue weighted by atomic mass is 10.0. The summed E-state index contributed by atoms with van der Waals surface area (Å²) in [5, 5.41) is 0. The number of nitrogens with one attached hydrogen (secondary N) is 1. The number of piperidine rings is 1. The van der Waals surface area contributed by atoms with Gasteiger partial charge in [0.2, 0.25) is 0 Å². The highest BCUT2D eigenvalue weighted by atomic mass is 15.2. The maximum Gasteiger partial charge on any atom is 0.0846 e. The van der Waals surface area contributed by atoms with E-state index < -0.39 is 0 Å². The first-order valence-corrected chi connectivity index (χ1v) is 4.89. The van der Waals surface area contributed by atoms with Crippen molar-refractivity contribution in [2.75, 3.05) is 19.6 Å². The third-order valence-corrected chi connectivity index (χ3v) is 2.78. The molecule has 0 amide bonds. The van der Waals surface area contributed by atoms with E-state index in [9.17, 15) is 0 Å². The Kier molecular flexibility index (Phi) is 3.87. The molecule has 0 bridgehead atoms. The fourth-order valence-electron chi connectivity index (χ4n) is 1.95. The van der Waals surface area contributed by atoms with Crippen LogP contribution in [0, 0.1) is 0 Å². The Morgan fingerprint density at radius 2 is 2.27 bits per heavy atom. The van der Waals surface area contributed by atoms with Crippen molar-refractivity contribution in [2.24, 2.45) is 5.73 Å². The third-order valence-electron chi connectivity index (χ3n) is 2.78. The van der Waals surface area contributed by atoms with Gasteiger partial charge in [-0.15, -0.1) is 0 Å². The molecular weight excluding hydrogens is 136 g/mol. The topological polar surface area (TPSA) is 30.5 Å². The zero-order chi connectivity index (χ0) is 8.10. The summed E-state index contributed by atoms with van der Waals surface area (Å²) in [6.45, 7) is 5.89. The lowest BCUT2D eigenvalue weighted by Crippen LogP contribution is -3.16. The minimum absolute atomic E-state index is 0.857. The van der Waals surface area contributed by atoms with E-state index in [1.807, 2.05) is 0 Å². The van der Waals surface area contributed by atoms with Gasteiger partial charge in [-0.25, -0.2) is 0 Å². The minimum atomic E-state index is 0.857. The van der Waals surface area contributed by atoms with Crippen molar-refractivity contribution in [1.82, 2.24) is 0 Å². The molecule has 2 unspecified atom stereocenters. The molecule has 1 heterocycles. The van der Waals surface area contributed by atoms with Gasteiger partial charge in [-0.05, 0) is 32.7 Å². The van der Waals surface area contributed by atoms with Crippen molar-refractivity contribution < 1.29 is 4.90 Å². The average Bonchev–Trinajstić information content (AvgIpc) is 2.03. The van der Waals surface area contributed by atoms with E-state index in [1.54, 1.807) is 4.90 Å². The first-order chi connectivity index (χ1) is 5.34. The largest absolute Gasteiger partial charge is 0.333 e. The van der Waals surface area contributed by atoms with Crippen molar-refractivity contribution in [2.45, 2.75) is 38.6 Å². The van der Waals surface area contributed by atoms with Gasteiger partial charge in [0.05, 0.1) is 19.1 Å². The molecule has 0 aliphatic carbocycles. The molecule has 1 rings (SSSR count). The van der Waals surface area contributed by atoms with Crippen molar-refractivity contribution in [3.05, 3.63) is 0 Å². The summed E-state index contributed by atoms with van der Waals surface area (Å²) in [4.78, 5) is 1.78. The van der Waals surface area contributed by atoms with E-state index in [0.717, 1.165) is 12.6 Å². The van der Waals surface area contributed by atoms with Crippen LogP contribution >= 0.6 is 0 Å². The monoisotopic (exact) mass is 157 g/mol. The SMILES string of the molecule is CC1CCCC[NH+]1CCCN. The Balaban J connectivity index is 2.18. The molecule has 66 valence electrons. The van der Waals surface area contributed by atoms with Gasteiger partial charge < -0.3 is 10.6 Å². The first-order valence-electron chi connectivity index (χ1n) is 4.89. The molecule has 2 heteroatoms. The number of rotatable bonds is 3. The fourth-order valence-corrected chi connectivity index (χ4v) is 1.95. The molecule has 1 aliphatic rings. The van der Waals surface area contributed by atoms with Crippen LogP contribution in [0.5, 0.6) is 0 Å². The Bertz CT molecular complexity index is 104. The summed E-state index contributed by atoms with van der Waals surface area (Å²) in [6, 6.07) is 0.885. The fraction of sp³-hybridized carbons (Fsp3) is 1.00. The molecule has 0 spiro atoms. The summed E-state index contributed by atoms with van der Waals surface area (Å²) >= 11 is 0. The van der Waals surface area contributed by atoms with E-state index >= 15 is 0 Å². The molecule has 0 saturated carbocycles. The van der Waals surface area contributed by atoms with Crippen molar-refractivity contribution in [3.8, 4) is 0 Å². The summed E-state index contributed by atoms with van der Waals surface area (Å²) in [7, 11) is 0. The third kappa shape index (κ3) is 2.80. The second kappa shape index (κ2) is 4.73. The predicted octanol–water partition coefficient (Wildman–Crippen LogP) is -0.207. The van der Waals surface area contributed by atoms with Gasteiger partial charge in [-0.2, -0.15) is 0 Å². The quantitative estimate of drug-likeness (QED) is 0.583. The zero-order valence-electron chi connectivity index (χ0n) is 7.60. The molecule has 1 saturated heterocycles. The molecule has 3 N–H and O–H groups in total. The van der Waals surface area contributed by atoms with Crippen molar-refractivity contribution >= 4 is 0 Å². The number of quaternary nitrogens is 1. The van der Waals surface area contributed by atoms with E-state index in [1.165, 1.54) is 38.8 Å². The molecular formula is C9H21N2+. The number of nitrogens with two attached hydrogens (primary N) is 1. The molecule has 0 radical (unpaired) electrons. The van der Waals surface area contributed by atoms with Crippen molar-refractivity contribution in [1.29, 1.82) is 0 Å². The second-order valence-corrected chi connectivity index (χ2v) is 3.70. The van der Waals surface area contributed by atoms with E-state index in [-0.39, 0.29) is 0 Å². The van der Waals surface area contributed by atoms with E-state index in [0.29, 0.717) is 0 Å². The molecule has 11 heavy (non-hydrogen) atoms. The highest BCUT2D eigenvalue weighted by molar-refractivity contribution is 4.55. The number of hydrogen-bond donors (Lipinski definition) is 2. The average molecular weight is 157 g/mol. The highest BCUT2D eigenvalue weighted by Crippen LogP contribution is 2.01. The van der Waals surface area contributed by atoms with Crippen LogP contribution in [0.15, 0.2) is 0 Å². The van der Waals surface area contributed by atoms with Crippen LogP contribution in [-0.2, 0) is 0 Å². The Labute approximate surface area is 69.8 Å². The van der Waals surface area contributed by atoms with Gasteiger partial charge >= 0.3 is 0 Å². The van der Waals surface area contributed by atoms with Crippen LogP contribution in [0.3, 0.4) is 0 Å². The molecule has 2 nitrogen and oxygen atoms in total. The summed E-state index contributed by atoms with van der Waals surface area (Å²) in [5.41, 5.74) is 5.48. The smallest absolute Gasteiger partial charge is 0.0846 e. The van der Waals surface area contributed by atoms with Gasteiger partial charge in [0.25, 0.3) is 0 Å². The van der Waals surface area contributed by atoms with Crippen LogP contribution in [-0.4, -0.2) is 25.7 Å². The van der Waals surface area contributed by atoms with Crippen LogP contribution in [0.2, 0.25) is 0 Å². The number of likely N-dealkylation sites (tertiary alicyclic amines) is 1. The van der Waals surface area contributed by atoms with Gasteiger partial charge in [0, 0.05) is 6.42 Å². The number of hydrogen-bond acceptors (Lipinski definition) is 1. The Hall–Kier alpha value is -0.0800. The standard InChI is InChI=1S/C9H20N2/c1-9-5-2-3-7-11(9)8-4-6-10/h9H,2-8,10H2,1H3/p+1. The predicted molar refractivity (Wildman–Crippen MR) is 47.7 cm³/mol. The van der Waals surface area contributed by atoms with Crippen LogP contribution in [0.4, 0.5) is 0 Å². The lowest BCUT2D eigenvalue weighted by molar-refractivity contribution is -0.928. The Morgan fingerprint density at radius 3 is 2.91 bits per heavy atom. The molecule has 1 fully saturated rings.